The minimum Gasteiger partial charge on any atom is -0.457 e. The molecular formula is C62H39NO2. The Kier molecular flexibility index (Phi) is 7.53. The molecule has 3 nitrogen and oxygen atoms in total. The third kappa shape index (κ3) is 4.84. The number of nitrogens with zero attached hydrogens (tertiary/aromatic N) is 1. The third-order valence-corrected chi connectivity index (χ3v) is 14.4. The number of anilines is 3. The van der Waals surface area contributed by atoms with Gasteiger partial charge in [-0.05, 0) is 122 Å². The molecule has 4 aliphatic rings. The molecule has 0 fully saturated rings. The van der Waals surface area contributed by atoms with Crippen LogP contribution in [-0.4, -0.2) is 0 Å². The Labute approximate surface area is 378 Å². The smallest absolute Gasteiger partial charge is 0.132 e. The summed E-state index contributed by atoms with van der Waals surface area (Å²) >= 11 is 0. The Morgan fingerprint density at radius 1 is 0.246 bits per heavy atom. The van der Waals surface area contributed by atoms with E-state index >= 15 is 0 Å². The Balaban J connectivity index is 0.964. The molecule has 65 heavy (non-hydrogen) atoms. The first-order valence-corrected chi connectivity index (χ1v) is 22.4. The molecule has 0 radical (unpaired) electrons. The highest BCUT2D eigenvalue weighted by atomic mass is 16.5. The van der Waals surface area contributed by atoms with Crippen LogP contribution in [0.15, 0.2) is 237 Å². The summed E-state index contributed by atoms with van der Waals surface area (Å²) < 4.78 is 13.3. The molecule has 0 bridgehead atoms. The molecule has 0 unspecified atom stereocenters. The monoisotopic (exact) mass is 829 g/mol. The van der Waals surface area contributed by atoms with E-state index in [1.54, 1.807) is 0 Å². The first-order chi connectivity index (χ1) is 32.2. The van der Waals surface area contributed by atoms with Crippen LogP contribution in [0.5, 0.6) is 23.0 Å². The summed E-state index contributed by atoms with van der Waals surface area (Å²) in [5.74, 6) is 3.57. The van der Waals surface area contributed by atoms with Gasteiger partial charge in [0.2, 0.25) is 0 Å². The van der Waals surface area contributed by atoms with Crippen LogP contribution < -0.4 is 14.4 Å². The average Bonchev–Trinajstić information content (AvgIpc) is 3.82. The number of hydrogen-bond donors (Lipinski definition) is 0. The molecule has 304 valence electrons. The summed E-state index contributed by atoms with van der Waals surface area (Å²) in [6, 6.07) is 86.1. The van der Waals surface area contributed by atoms with Crippen LogP contribution in [0.2, 0.25) is 0 Å². The molecule has 2 spiro atoms. The fourth-order valence-electron chi connectivity index (χ4n) is 11.9. The van der Waals surface area contributed by atoms with Gasteiger partial charge < -0.3 is 14.4 Å². The highest BCUT2D eigenvalue weighted by Gasteiger charge is 2.52. The quantitative estimate of drug-likeness (QED) is 0.176. The lowest BCUT2D eigenvalue weighted by atomic mass is 9.66. The minimum atomic E-state index is -0.572. The standard InChI is InChI=1S/C62H39NO2/c1-2-18-42(19-3-1)63(44-34-36-48-46-22-5-7-24-50(46)62(56(48)39-44)53-27-10-14-31-59(53)65-60-32-15-11-28-54(60)62)43-20-16-17-40(37-43)41-33-35-47-45-21-4-6-23-49(45)61(55(47)38-41)51-25-8-12-29-57(51)64-58-30-13-9-26-52(58)61/h1-39H. The highest BCUT2D eigenvalue weighted by molar-refractivity contribution is 5.93. The van der Waals surface area contributed by atoms with Crippen molar-refractivity contribution in [1.29, 1.82) is 0 Å². The van der Waals surface area contributed by atoms with Crippen LogP contribution in [0.4, 0.5) is 17.1 Å². The number of para-hydroxylation sites is 5. The molecule has 0 aromatic heterocycles. The van der Waals surface area contributed by atoms with Gasteiger partial charge in [-0.2, -0.15) is 0 Å². The Bertz CT molecular complexity index is 3500. The molecule has 2 aliphatic heterocycles. The number of hydrogen-bond acceptors (Lipinski definition) is 3. The average molecular weight is 830 g/mol. The van der Waals surface area contributed by atoms with E-state index in [0.29, 0.717) is 0 Å². The van der Waals surface area contributed by atoms with Gasteiger partial charge in [-0.1, -0.05) is 170 Å². The maximum atomic E-state index is 6.67. The summed E-state index contributed by atoms with van der Waals surface area (Å²) in [6.45, 7) is 0. The normalized spacial score (nSPS) is 14.3. The third-order valence-electron chi connectivity index (χ3n) is 14.4. The molecule has 0 atom stereocenters. The van der Waals surface area contributed by atoms with E-state index in [1.807, 2.05) is 0 Å². The van der Waals surface area contributed by atoms with E-state index in [-0.39, 0.29) is 0 Å². The minimum absolute atomic E-state index is 0.541. The van der Waals surface area contributed by atoms with Gasteiger partial charge in [-0.15, -0.1) is 0 Å². The number of benzene rings is 10. The van der Waals surface area contributed by atoms with Crippen molar-refractivity contribution < 1.29 is 9.47 Å². The Morgan fingerprint density at radius 2 is 0.631 bits per heavy atom. The Morgan fingerprint density at radius 3 is 1.17 bits per heavy atom. The van der Waals surface area contributed by atoms with Crippen LogP contribution in [0.25, 0.3) is 33.4 Å². The molecule has 0 N–H and O–H groups in total. The van der Waals surface area contributed by atoms with E-state index in [1.165, 1.54) is 44.5 Å². The maximum Gasteiger partial charge on any atom is 0.132 e. The van der Waals surface area contributed by atoms with Crippen molar-refractivity contribution in [3.8, 4) is 56.4 Å². The van der Waals surface area contributed by atoms with Crippen molar-refractivity contribution in [2.24, 2.45) is 0 Å². The second-order valence-corrected chi connectivity index (χ2v) is 17.5. The van der Waals surface area contributed by atoms with Crippen LogP contribution in [0, 0.1) is 0 Å². The zero-order valence-corrected chi connectivity index (χ0v) is 35.3. The van der Waals surface area contributed by atoms with Crippen molar-refractivity contribution in [2.45, 2.75) is 10.8 Å². The molecule has 0 saturated carbocycles. The predicted molar refractivity (Wildman–Crippen MR) is 261 cm³/mol. The van der Waals surface area contributed by atoms with Gasteiger partial charge in [0.05, 0.1) is 10.8 Å². The SMILES string of the molecule is c1ccc(N(c2cccc(-c3ccc4c(c3)C3(c5ccccc5Oc5ccccc53)c3ccccc3-4)c2)c2ccc3c(c2)C2(c4ccccc4Oc4ccccc42)c2ccccc2-3)cc1. The summed E-state index contributed by atoms with van der Waals surface area (Å²) in [5.41, 5.74) is 19.1. The van der Waals surface area contributed by atoms with Gasteiger partial charge in [0.25, 0.3) is 0 Å². The second kappa shape index (κ2) is 13.6. The molecule has 0 saturated heterocycles. The summed E-state index contributed by atoms with van der Waals surface area (Å²) in [6.07, 6.45) is 0. The molecule has 10 aromatic carbocycles. The Hall–Kier alpha value is -8.40. The maximum absolute atomic E-state index is 6.67. The fraction of sp³-hybridized carbons (Fsp3) is 0.0323. The van der Waals surface area contributed by atoms with E-state index < -0.39 is 10.8 Å². The topological polar surface area (TPSA) is 21.7 Å². The van der Waals surface area contributed by atoms with Crippen molar-refractivity contribution >= 4 is 17.1 Å². The fourth-order valence-corrected chi connectivity index (χ4v) is 11.9. The molecule has 2 aliphatic carbocycles. The van der Waals surface area contributed by atoms with Crippen molar-refractivity contribution in [3.63, 3.8) is 0 Å². The molecular weight excluding hydrogens is 791 g/mol. The van der Waals surface area contributed by atoms with Crippen LogP contribution in [-0.2, 0) is 10.8 Å². The predicted octanol–water partition coefficient (Wildman–Crippen LogP) is 15.8. The van der Waals surface area contributed by atoms with Crippen molar-refractivity contribution in [3.05, 3.63) is 281 Å². The summed E-state index contributed by atoms with van der Waals surface area (Å²) in [7, 11) is 0. The van der Waals surface area contributed by atoms with Crippen LogP contribution in [0.3, 0.4) is 0 Å². The van der Waals surface area contributed by atoms with E-state index in [4.69, 9.17) is 9.47 Å². The summed E-state index contributed by atoms with van der Waals surface area (Å²) in [4.78, 5) is 2.41. The van der Waals surface area contributed by atoms with E-state index in [2.05, 4.69) is 241 Å². The lowest BCUT2D eigenvalue weighted by molar-refractivity contribution is 0.436. The number of fused-ring (bicyclic) bond motifs is 18. The second-order valence-electron chi connectivity index (χ2n) is 17.5. The zero-order chi connectivity index (χ0) is 42.7. The molecule has 0 amide bonds. The zero-order valence-electron chi connectivity index (χ0n) is 35.3. The van der Waals surface area contributed by atoms with Crippen molar-refractivity contribution in [2.75, 3.05) is 4.90 Å². The van der Waals surface area contributed by atoms with Gasteiger partial charge in [0.15, 0.2) is 0 Å². The van der Waals surface area contributed by atoms with Crippen molar-refractivity contribution in [1.82, 2.24) is 0 Å². The lowest BCUT2D eigenvalue weighted by Crippen LogP contribution is -2.32. The van der Waals surface area contributed by atoms with Crippen LogP contribution >= 0.6 is 0 Å². The summed E-state index contributed by atoms with van der Waals surface area (Å²) in [5, 5.41) is 0. The lowest BCUT2D eigenvalue weighted by Gasteiger charge is -2.39. The molecule has 14 rings (SSSR count). The molecule has 3 heteroatoms. The number of rotatable bonds is 4. The van der Waals surface area contributed by atoms with Gasteiger partial charge in [-0.25, -0.2) is 0 Å². The van der Waals surface area contributed by atoms with Crippen LogP contribution in [0.1, 0.15) is 44.5 Å². The van der Waals surface area contributed by atoms with Gasteiger partial charge in [0, 0.05) is 39.3 Å². The largest absolute Gasteiger partial charge is 0.457 e. The van der Waals surface area contributed by atoms with E-state index in [0.717, 1.165) is 73.4 Å². The first kappa shape index (κ1) is 36.1. The van der Waals surface area contributed by atoms with Gasteiger partial charge in [-0.3, -0.25) is 0 Å². The number of ether oxygens (including phenoxy) is 2. The molecule has 10 aromatic rings. The highest BCUT2D eigenvalue weighted by Crippen LogP contribution is 2.64. The molecule has 2 heterocycles. The first-order valence-electron chi connectivity index (χ1n) is 22.4. The van der Waals surface area contributed by atoms with E-state index in [9.17, 15) is 0 Å². The van der Waals surface area contributed by atoms with Gasteiger partial charge in [0.1, 0.15) is 23.0 Å². The van der Waals surface area contributed by atoms with Gasteiger partial charge >= 0.3 is 0 Å².